The summed E-state index contributed by atoms with van der Waals surface area (Å²) in [5.41, 5.74) is 3.60. The number of hydrogen-bond acceptors (Lipinski definition) is 3. The molecule has 4 nitrogen and oxygen atoms in total. The van der Waals surface area contributed by atoms with Crippen molar-refractivity contribution in [2.24, 2.45) is 0 Å². The minimum absolute atomic E-state index is 0.0826. The normalized spacial score (nSPS) is 15.8. The minimum atomic E-state index is -0.133. The molecule has 1 aliphatic carbocycles. The number of amides is 2. The molecular formula is C23H22N2O2S. The number of anilines is 1. The van der Waals surface area contributed by atoms with E-state index in [-0.39, 0.29) is 11.8 Å². The summed E-state index contributed by atoms with van der Waals surface area (Å²) in [5, 5.41) is 2.96. The van der Waals surface area contributed by atoms with E-state index in [0.29, 0.717) is 24.4 Å². The Bertz CT molecular complexity index is 950. The highest BCUT2D eigenvalue weighted by Crippen LogP contribution is 2.36. The molecule has 0 atom stereocenters. The summed E-state index contributed by atoms with van der Waals surface area (Å²) in [6.45, 7) is 1.03. The molecule has 142 valence electrons. The number of nitrogens with zero attached hydrogens (tertiary/aromatic N) is 1. The van der Waals surface area contributed by atoms with Crippen LogP contribution in [0.4, 0.5) is 5.69 Å². The van der Waals surface area contributed by atoms with E-state index in [1.807, 2.05) is 48.5 Å². The second-order valence-corrected chi connectivity index (χ2v) is 7.90. The van der Waals surface area contributed by atoms with Crippen LogP contribution in [0.25, 0.3) is 0 Å². The smallest absolute Gasteiger partial charge is 0.251 e. The highest BCUT2D eigenvalue weighted by Gasteiger charge is 2.26. The Labute approximate surface area is 169 Å². The summed E-state index contributed by atoms with van der Waals surface area (Å²) in [6, 6.07) is 15.4. The first-order valence-electron chi connectivity index (χ1n) is 9.45. The molecule has 0 saturated carbocycles. The van der Waals surface area contributed by atoms with E-state index in [9.17, 15) is 9.59 Å². The van der Waals surface area contributed by atoms with Gasteiger partial charge in [-0.2, -0.15) is 0 Å². The number of carbonyl (C=O) groups excluding carboxylic acids is 2. The Balaban J connectivity index is 1.53. The van der Waals surface area contributed by atoms with Crippen molar-refractivity contribution >= 4 is 29.3 Å². The lowest BCUT2D eigenvalue weighted by molar-refractivity contribution is -0.116. The van der Waals surface area contributed by atoms with Crippen molar-refractivity contribution in [3.8, 4) is 0 Å². The summed E-state index contributed by atoms with van der Waals surface area (Å²) in [6.07, 6.45) is 8.49. The Hall–Kier alpha value is -2.79. The molecule has 0 saturated heterocycles. The van der Waals surface area contributed by atoms with Crippen molar-refractivity contribution in [2.75, 3.05) is 17.2 Å². The van der Waals surface area contributed by atoms with Crippen LogP contribution in [0.5, 0.6) is 0 Å². The van der Waals surface area contributed by atoms with E-state index in [2.05, 4.69) is 23.5 Å². The Morgan fingerprint density at radius 3 is 2.75 bits per heavy atom. The summed E-state index contributed by atoms with van der Waals surface area (Å²) < 4.78 is 0. The molecule has 0 aromatic heterocycles. The minimum Gasteiger partial charge on any atom is -0.348 e. The fourth-order valence-electron chi connectivity index (χ4n) is 3.36. The third kappa shape index (κ3) is 4.20. The first kappa shape index (κ1) is 18.6. The highest BCUT2D eigenvalue weighted by molar-refractivity contribution is 8.00. The van der Waals surface area contributed by atoms with E-state index < -0.39 is 0 Å². The fraction of sp³-hybridized carbons (Fsp3) is 0.217. The monoisotopic (exact) mass is 390 g/mol. The third-order valence-corrected chi connectivity index (χ3v) is 5.92. The molecule has 2 aromatic rings. The van der Waals surface area contributed by atoms with Gasteiger partial charge in [-0.05, 0) is 42.2 Å². The number of nitrogens with one attached hydrogen (secondary N) is 1. The van der Waals surface area contributed by atoms with Gasteiger partial charge >= 0.3 is 0 Å². The average molecular weight is 391 g/mol. The number of benzene rings is 2. The maximum Gasteiger partial charge on any atom is 0.251 e. The van der Waals surface area contributed by atoms with Crippen LogP contribution in [0.15, 0.2) is 77.2 Å². The third-order valence-electron chi connectivity index (χ3n) is 4.87. The van der Waals surface area contributed by atoms with Gasteiger partial charge in [0.1, 0.15) is 0 Å². The lowest BCUT2D eigenvalue weighted by atomic mass is 10.1. The topological polar surface area (TPSA) is 49.4 Å². The number of allylic oxidation sites excluding steroid dienone is 2. The van der Waals surface area contributed by atoms with Gasteiger partial charge in [0.2, 0.25) is 5.91 Å². The molecule has 1 aliphatic heterocycles. The molecule has 2 aliphatic rings. The molecule has 1 heterocycles. The van der Waals surface area contributed by atoms with E-state index in [4.69, 9.17) is 0 Å². The maximum atomic E-state index is 12.6. The van der Waals surface area contributed by atoms with Crippen LogP contribution in [0, 0.1) is 0 Å². The van der Waals surface area contributed by atoms with Gasteiger partial charge in [0, 0.05) is 17.0 Å². The Morgan fingerprint density at radius 1 is 1.11 bits per heavy atom. The van der Waals surface area contributed by atoms with Gasteiger partial charge in [-0.25, -0.2) is 0 Å². The quantitative estimate of drug-likeness (QED) is 0.827. The molecule has 0 radical (unpaired) electrons. The lowest BCUT2D eigenvalue weighted by Gasteiger charge is -2.30. The van der Waals surface area contributed by atoms with Gasteiger partial charge < -0.3 is 10.2 Å². The molecule has 0 spiro atoms. The van der Waals surface area contributed by atoms with Crippen LogP contribution in [-0.4, -0.2) is 24.1 Å². The SMILES string of the molecule is O=C(NCc1ccccc1)c1ccc2c(c1)N(CC1=CCCC=C1)C(=O)CS2. The van der Waals surface area contributed by atoms with Crippen LogP contribution < -0.4 is 10.2 Å². The van der Waals surface area contributed by atoms with E-state index >= 15 is 0 Å². The summed E-state index contributed by atoms with van der Waals surface area (Å²) in [5.74, 6) is 0.384. The number of thioether (sulfide) groups is 1. The molecule has 0 unspecified atom stereocenters. The second kappa shape index (κ2) is 8.48. The maximum absolute atomic E-state index is 12.6. The van der Waals surface area contributed by atoms with Crippen molar-refractivity contribution in [2.45, 2.75) is 24.3 Å². The van der Waals surface area contributed by atoms with Crippen molar-refractivity contribution < 1.29 is 9.59 Å². The molecular weight excluding hydrogens is 368 g/mol. The molecule has 2 amide bonds. The summed E-state index contributed by atoms with van der Waals surface area (Å²) in [4.78, 5) is 28.1. The highest BCUT2D eigenvalue weighted by atomic mass is 32.2. The zero-order valence-corrected chi connectivity index (χ0v) is 16.4. The predicted octanol–water partition coefficient (Wildman–Crippen LogP) is 4.33. The number of carbonyl (C=O) groups is 2. The van der Waals surface area contributed by atoms with Crippen LogP contribution in [0.1, 0.15) is 28.8 Å². The second-order valence-electron chi connectivity index (χ2n) is 6.88. The first-order chi connectivity index (χ1) is 13.7. The predicted molar refractivity (Wildman–Crippen MR) is 114 cm³/mol. The average Bonchev–Trinajstić information content (AvgIpc) is 2.75. The van der Waals surface area contributed by atoms with Gasteiger partial charge in [0.15, 0.2) is 0 Å². The van der Waals surface area contributed by atoms with E-state index in [0.717, 1.165) is 34.6 Å². The number of hydrogen-bond donors (Lipinski definition) is 1. The Morgan fingerprint density at radius 2 is 1.96 bits per heavy atom. The molecule has 1 N–H and O–H groups in total. The standard InChI is InChI=1S/C23H22N2O2S/c26-22-16-28-21-12-11-19(23(27)24-14-17-7-3-1-4-8-17)13-20(21)25(22)15-18-9-5-2-6-10-18/h1,3-5,7-13H,2,6,14-16H2,(H,24,27). The van der Waals surface area contributed by atoms with Crippen molar-refractivity contribution in [3.05, 3.63) is 83.5 Å². The van der Waals surface area contributed by atoms with Gasteiger partial charge in [-0.1, -0.05) is 48.6 Å². The molecule has 2 aromatic carbocycles. The molecule has 0 fully saturated rings. The molecule has 4 rings (SSSR count). The van der Waals surface area contributed by atoms with Crippen LogP contribution in [0.2, 0.25) is 0 Å². The van der Waals surface area contributed by atoms with Crippen molar-refractivity contribution in [1.82, 2.24) is 5.32 Å². The van der Waals surface area contributed by atoms with Crippen molar-refractivity contribution in [3.63, 3.8) is 0 Å². The van der Waals surface area contributed by atoms with Gasteiger partial charge in [0.25, 0.3) is 5.91 Å². The van der Waals surface area contributed by atoms with E-state index in [1.165, 1.54) is 11.8 Å². The summed E-state index contributed by atoms with van der Waals surface area (Å²) >= 11 is 1.53. The summed E-state index contributed by atoms with van der Waals surface area (Å²) in [7, 11) is 0. The lowest BCUT2D eigenvalue weighted by Crippen LogP contribution is -2.37. The van der Waals surface area contributed by atoms with Crippen molar-refractivity contribution in [1.29, 1.82) is 0 Å². The van der Waals surface area contributed by atoms with Crippen LogP contribution in [-0.2, 0) is 11.3 Å². The number of fused-ring (bicyclic) bond motifs is 1. The Kier molecular flexibility index (Phi) is 5.63. The van der Waals surface area contributed by atoms with Crippen LogP contribution in [0.3, 0.4) is 0 Å². The van der Waals surface area contributed by atoms with Crippen LogP contribution >= 0.6 is 11.8 Å². The zero-order valence-electron chi connectivity index (χ0n) is 15.6. The van der Waals surface area contributed by atoms with Gasteiger partial charge in [-0.3, -0.25) is 9.59 Å². The largest absolute Gasteiger partial charge is 0.348 e. The molecule has 0 bridgehead atoms. The van der Waals surface area contributed by atoms with Gasteiger partial charge in [-0.15, -0.1) is 11.8 Å². The first-order valence-corrected chi connectivity index (χ1v) is 10.4. The zero-order chi connectivity index (χ0) is 19.3. The fourth-order valence-corrected chi connectivity index (χ4v) is 4.28. The number of rotatable bonds is 5. The van der Waals surface area contributed by atoms with Gasteiger partial charge in [0.05, 0.1) is 18.0 Å². The molecule has 28 heavy (non-hydrogen) atoms. The van der Waals surface area contributed by atoms with E-state index in [1.54, 1.807) is 4.90 Å². The molecule has 5 heteroatoms.